The van der Waals surface area contributed by atoms with Gasteiger partial charge in [0.1, 0.15) is 0 Å². The maximum Gasteiger partial charge on any atom is 0.389 e. The SMILES string of the molecule is C=C1CCN(CCC2CCCCC2)CCC/C=C\C(CCC(F)(F)F)=N/1. The molecule has 0 bridgehead atoms. The molecule has 0 N–H and O–H groups in total. The first-order valence-electron chi connectivity index (χ1n) is 10.1. The molecule has 1 saturated carbocycles. The Morgan fingerprint density at radius 2 is 1.88 bits per heavy atom. The van der Waals surface area contributed by atoms with Crippen molar-refractivity contribution in [2.24, 2.45) is 10.9 Å². The van der Waals surface area contributed by atoms with Crippen LogP contribution in [0.4, 0.5) is 13.2 Å². The van der Waals surface area contributed by atoms with Gasteiger partial charge in [0.15, 0.2) is 0 Å². The second-order valence-corrected chi connectivity index (χ2v) is 7.71. The molecule has 0 aromatic carbocycles. The Morgan fingerprint density at radius 1 is 1.12 bits per heavy atom. The van der Waals surface area contributed by atoms with Crippen LogP contribution in [0.5, 0.6) is 0 Å². The Balaban J connectivity index is 1.85. The molecule has 2 nitrogen and oxygen atoms in total. The van der Waals surface area contributed by atoms with Crippen LogP contribution in [-0.4, -0.2) is 36.4 Å². The van der Waals surface area contributed by atoms with Crippen LogP contribution in [0.15, 0.2) is 29.4 Å². The summed E-state index contributed by atoms with van der Waals surface area (Å²) in [6.45, 7) is 7.03. The summed E-state index contributed by atoms with van der Waals surface area (Å²) < 4.78 is 37.4. The molecule has 0 atom stereocenters. The molecule has 0 saturated heterocycles. The molecule has 2 aliphatic rings. The molecule has 148 valence electrons. The van der Waals surface area contributed by atoms with Gasteiger partial charge < -0.3 is 4.90 Å². The van der Waals surface area contributed by atoms with E-state index in [9.17, 15) is 13.2 Å². The van der Waals surface area contributed by atoms with E-state index in [0.29, 0.717) is 11.4 Å². The van der Waals surface area contributed by atoms with Gasteiger partial charge in [-0.3, -0.25) is 4.99 Å². The third-order valence-corrected chi connectivity index (χ3v) is 5.42. The summed E-state index contributed by atoms with van der Waals surface area (Å²) in [5.41, 5.74) is 1.19. The molecule has 0 spiro atoms. The largest absolute Gasteiger partial charge is 0.389 e. The van der Waals surface area contributed by atoms with E-state index in [2.05, 4.69) is 16.5 Å². The van der Waals surface area contributed by atoms with Gasteiger partial charge in [-0.1, -0.05) is 44.8 Å². The van der Waals surface area contributed by atoms with Gasteiger partial charge in [-0.15, -0.1) is 0 Å². The number of aliphatic imine (C=N–C) groups is 1. The molecule has 0 aromatic rings. The van der Waals surface area contributed by atoms with Crippen molar-refractivity contribution in [3.05, 3.63) is 24.4 Å². The zero-order valence-electron chi connectivity index (χ0n) is 15.9. The second kappa shape index (κ2) is 10.9. The van der Waals surface area contributed by atoms with Crippen LogP contribution in [0.3, 0.4) is 0 Å². The lowest BCUT2D eigenvalue weighted by Crippen LogP contribution is -2.29. The van der Waals surface area contributed by atoms with Crippen molar-refractivity contribution in [3.8, 4) is 0 Å². The molecule has 2 rings (SSSR count). The standard InChI is InChI=1S/C21H33F3N2/c1-18-12-16-26(17-13-19-8-4-2-5-9-19)15-7-3-6-10-20(25-18)11-14-21(22,23)24/h6,10,19H,1-5,7-9,11-17H2/b10-6-,25-20+. The van der Waals surface area contributed by atoms with Crippen molar-refractivity contribution in [2.45, 2.75) is 76.8 Å². The number of rotatable bonds is 5. The van der Waals surface area contributed by atoms with Crippen LogP contribution in [-0.2, 0) is 0 Å². The topological polar surface area (TPSA) is 15.6 Å². The van der Waals surface area contributed by atoms with Crippen LogP contribution in [0.1, 0.15) is 70.6 Å². The van der Waals surface area contributed by atoms with E-state index < -0.39 is 12.6 Å². The zero-order valence-corrected chi connectivity index (χ0v) is 15.9. The van der Waals surface area contributed by atoms with Crippen molar-refractivity contribution in [1.29, 1.82) is 0 Å². The Kier molecular flexibility index (Phi) is 8.89. The van der Waals surface area contributed by atoms with Crippen molar-refractivity contribution >= 4 is 5.71 Å². The van der Waals surface area contributed by atoms with E-state index in [1.54, 1.807) is 6.08 Å². The average molecular weight is 371 g/mol. The summed E-state index contributed by atoms with van der Waals surface area (Å²) in [5.74, 6) is 0.872. The van der Waals surface area contributed by atoms with E-state index in [-0.39, 0.29) is 6.42 Å². The van der Waals surface area contributed by atoms with Gasteiger partial charge in [-0.25, -0.2) is 0 Å². The van der Waals surface area contributed by atoms with E-state index in [4.69, 9.17) is 0 Å². The highest BCUT2D eigenvalue weighted by molar-refractivity contribution is 5.95. The van der Waals surface area contributed by atoms with Crippen molar-refractivity contribution < 1.29 is 13.2 Å². The lowest BCUT2D eigenvalue weighted by Gasteiger charge is -2.27. The monoisotopic (exact) mass is 370 g/mol. The predicted octanol–water partition coefficient (Wildman–Crippen LogP) is 6.30. The maximum absolute atomic E-state index is 12.5. The summed E-state index contributed by atoms with van der Waals surface area (Å²) in [6, 6.07) is 0. The lowest BCUT2D eigenvalue weighted by molar-refractivity contribution is -0.132. The van der Waals surface area contributed by atoms with E-state index in [0.717, 1.165) is 44.8 Å². The predicted molar refractivity (Wildman–Crippen MR) is 102 cm³/mol. The summed E-state index contributed by atoms with van der Waals surface area (Å²) in [4.78, 5) is 6.87. The van der Waals surface area contributed by atoms with Crippen molar-refractivity contribution in [2.75, 3.05) is 19.6 Å². The third-order valence-electron chi connectivity index (χ3n) is 5.42. The smallest absolute Gasteiger partial charge is 0.303 e. The highest BCUT2D eigenvalue weighted by Gasteiger charge is 2.27. The van der Waals surface area contributed by atoms with Crippen LogP contribution in [0.2, 0.25) is 0 Å². The van der Waals surface area contributed by atoms with E-state index in [1.807, 2.05) is 6.08 Å². The molecule has 5 heteroatoms. The first kappa shape index (κ1) is 21.2. The van der Waals surface area contributed by atoms with Crippen molar-refractivity contribution in [1.82, 2.24) is 4.90 Å². The third kappa shape index (κ3) is 9.02. The Morgan fingerprint density at radius 3 is 2.62 bits per heavy atom. The van der Waals surface area contributed by atoms with E-state index in [1.165, 1.54) is 38.5 Å². The van der Waals surface area contributed by atoms with Crippen LogP contribution >= 0.6 is 0 Å². The first-order chi connectivity index (χ1) is 12.4. The molecule has 26 heavy (non-hydrogen) atoms. The van der Waals surface area contributed by atoms with Gasteiger partial charge in [0, 0.05) is 30.8 Å². The molecule has 0 radical (unpaired) electrons. The van der Waals surface area contributed by atoms with E-state index >= 15 is 0 Å². The molecular weight excluding hydrogens is 337 g/mol. The number of halogens is 3. The normalized spacial score (nSPS) is 25.3. The summed E-state index contributed by atoms with van der Waals surface area (Å²) >= 11 is 0. The summed E-state index contributed by atoms with van der Waals surface area (Å²) in [7, 11) is 0. The number of nitrogens with zero attached hydrogens (tertiary/aromatic N) is 2. The summed E-state index contributed by atoms with van der Waals surface area (Å²) in [5, 5.41) is 0. The maximum atomic E-state index is 12.5. The molecular formula is C21H33F3N2. The summed E-state index contributed by atoms with van der Waals surface area (Å²) in [6.07, 6.45) is 9.51. The average Bonchev–Trinajstić information content (AvgIpc) is 2.64. The highest BCUT2D eigenvalue weighted by atomic mass is 19.4. The zero-order chi connectivity index (χ0) is 18.8. The van der Waals surface area contributed by atoms with Gasteiger partial charge in [0.2, 0.25) is 0 Å². The molecule has 1 aliphatic carbocycles. The quantitative estimate of drug-likeness (QED) is 0.555. The van der Waals surface area contributed by atoms with Gasteiger partial charge in [0.05, 0.1) is 0 Å². The fourth-order valence-corrected chi connectivity index (χ4v) is 3.82. The molecule has 0 unspecified atom stereocenters. The fourth-order valence-electron chi connectivity index (χ4n) is 3.82. The van der Waals surface area contributed by atoms with Gasteiger partial charge in [-0.05, 0) is 50.8 Å². The minimum atomic E-state index is -4.14. The van der Waals surface area contributed by atoms with Crippen LogP contribution in [0.25, 0.3) is 0 Å². The minimum absolute atomic E-state index is 0.0651. The van der Waals surface area contributed by atoms with Crippen LogP contribution < -0.4 is 0 Å². The van der Waals surface area contributed by atoms with Crippen LogP contribution in [0, 0.1) is 5.92 Å². The number of hydrogen-bond donors (Lipinski definition) is 0. The van der Waals surface area contributed by atoms with Crippen molar-refractivity contribution in [3.63, 3.8) is 0 Å². The fraction of sp³-hybridized carbons (Fsp3) is 0.762. The molecule has 1 heterocycles. The van der Waals surface area contributed by atoms with Gasteiger partial charge in [-0.2, -0.15) is 13.2 Å². The molecule has 0 aromatic heterocycles. The van der Waals surface area contributed by atoms with Gasteiger partial charge in [0.25, 0.3) is 0 Å². The Hall–Kier alpha value is -1.10. The Labute approximate surface area is 156 Å². The highest BCUT2D eigenvalue weighted by Crippen LogP contribution is 2.27. The minimum Gasteiger partial charge on any atom is -0.303 e. The second-order valence-electron chi connectivity index (χ2n) is 7.71. The molecule has 1 fully saturated rings. The Bertz CT molecular complexity index is 488. The number of hydrogen-bond acceptors (Lipinski definition) is 2. The van der Waals surface area contributed by atoms with Gasteiger partial charge >= 0.3 is 6.18 Å². The first-order valence-corrected chi connectivity index (χ1v) is 10.1. The lowest BCUT2D eigenvalue weighted by atomic mass is 9.87. The number of alkyl halides is 3. The molecule has 0 amide bonds. The molecule has 1 aliphatic heterocycles. The number of allylic oxidation sites excluding steroid dienone is 2.